The van der Waals surface area contributed by atoms with Crippen molar-refractivity contribution in [1.29, 1.82) is 0 Å². The average Bonchev–Trinajstić information content (AvgIpc) is 2.10. The van der Waals surface area contributed by atoms with Gasteiger partial charge in [0.15, 0.2) is 0 Å². The Balaban J connectivity index is 3.81. The molecule has 1 N–H and O–H groups in total. The summed E-state index contributed by atoms with van der Waals surface area (Å²) < 4.78 is 5.10. The fourth-order valence-electron chi connectivity index (χ4n) is 1.55. The zero-order chi connectivity index (χ0) is 12.1. The van der Waals surface area contributed by atoms with Crippen molar-refractivity contribution in [3.8, 4) is 0 Å². The van der Waals surface area contributed by atoms with Crippen molar-refractivity contribution >= 4 is 5.97 Å². The summed E-state index contributed by atoms with van der Waals surface area (Å²) in [6, 6.07) is 0. The van der Waals surface area contributed by atoms with E-state index in [0.717, 1.165) is 6.42 Å². The molecule has 0 bridgehead atoms. The highest BCUT2D eigenvalue weighted by molar-refractivity contribution is 5.72. The van der Waals surface area contributed by atoms with E-state index in [-0.39, 0.29) is 18.0 Å². The van der Waals surface area contributed by atoms with Gasteiger partial charge in [-0.15, -0.1) is 0 Å². The van der Waals surface area contributed by atoms with E-state index >= 15 is 0 Å². The Morgan fingerprint density at radius 2 is 1.87 bits per heavy atom. The van der Waals surface area contributed by atoms with Crippen LogP contribution in [0.1, 0.15) is 41.0 Å². The van der Waals surface area contributed by atoms with Crippen LogP contribution < -0.4 is 0 Å². The molecular weight excluding hydrogens is 192 g/mol. The van der Waals surface area contributed by atoms with Gasteiger partial charge in [-0.05, 0) is 24.7 Å². The standard InChI is InChI=1S/C12H24O3/c1-9(6-12(3,4)5)8-15-11(14)10(2)7-13/h9-10,13H,6-8H2,1-5H3. The second kappa shape index (κ2) is 6.11. The van der Waals surface area contributed by atoms with E-state index in [9.17, 15) is 4.79 Å². The lowest BCUT2D eigenvalue weighted by Crippen LogP contribution is -2.22. The number of hydrogen-bond donors (Lipinski definition) is 1. The first-order valence-corrected chi connectivity index (χ1v) is 5.53. The molecule has 0 radical (unpaired) electrons. The molecule has 0 aromatic heterocycles. The Morgan fingerprint density at radius 3 is 2.27 bits per heavy atom. The molecule has 2 atom stereocenters. The number of aliphatic hydroxyl groups excluding tert-OH is 1. The number of aliphatic hydroxyl groups is 1. The van der Waals surface area contributed by atoms with Crippen LogP contribution >= 0.6 is 0 Å². The average molecular weight is 216 g/mol. The van der Waals surface area contributed by atoms with Crippen LogP contribution in [0.15, 0.2) is 0 Å². The quantitative estimate of drug-likeness (QED) is 0.717. The predicted octanol–water partition coefficient (Wildman–Crippen LogP) is 2.23. The summed E-state index contributed by atoms with van der Waals surface area (Å²) in [6.45, 7) is 10.5. The molecule has 0 saturated heterocycles. The lowest BCUT2D eigenvalue weighted by Gasteiger charge is -2.23. The van der Waals surface area contributed by atoms with E-state index in [4.69, 9.17) is 9.84 Å². The summed E-state index contributed by atoms with van der Waals surface area (Å²) in [6.07, 6.45) is 1.02. The molecule has 0 heterocycles. The first-order valence-electron chi connectivity index (χ1n) is 5.53. The van der Waals surface area contributed by atoms with E-state index in [1.807, 2.05) is 0 Å². The van der Waals surface area contributed by atoms with Crippen LogP contribution in [-0.4, -0.2) is 24.3 Å². The van der Waals surface area contributed by atoms with Crippen molar-refractivity contribution in [2.24, 2.45) is 17.3 Å². The van der Waals surface area contributed by atoms with Crippen molar-refractivity contribution in [1.82, 2.24) is 0 Å². The fraction of sp³-hybridized carbons (Fsp3) is 0.917. The predicted molar refractivity (Wildman–Crippen MR) is 60.4 cm³/mol. The Bertz CT molecular complexity index is 194. The molecule has 0 aromatic carbocycles. The Hall–Kier alpha value is -0.570. The summed E-state index contributed by atoms with van der Waals surface area (Å²) in [7, 11) is 0. The maximum Gasteiger partial charge on any atom is 0.310 e. The molecule has 0 aromatic rings. The Morgan fingerprint density at radius 1 is 1.33 bits per heavy atom. The summed E-state index contributed by atoms with van der Waals surface area (Å²) >= 11 is 0. The van der Waals surface area contributed by atoms with Gasteiger partial charge in [0.2, 0.25) is 0 Å². The van der Waals surface area contributed by atoms with Gasteiger partial charge in [-0.25, -0.2) is 0 Å². The highest BCUT2D eigenvalue weighted by Gasteiger charge is 2.18. The maximum atomic E-state index is 11.3. The lowest BCUT2D eigenvalue weighted by molar-refractivity contribution is -0.150. The molecule has 0 spiro atoms. The first kappa shape index (κ1) is 14.4. The third-order valence-corrected chi connectivity index (χ3v) is 2.15. The van der Waals surface area contributed by atoms with Gasteiger partial charge in [-0.3, -0.25) is 4.79 Å². The highest BCUT2D eigenvalue weighted by atomic mass is 16.5. The largest absolute Gasteiger partial charge is 0.465 e. The maximum absolute atomic E-state index is 11.3. The van der Waals surface area contributed by atoms with Crippen molar-refractivity contribution in [3.05, 3.63) is 0 Å². The number of carbonyl (C=O) groups is 1. The van der Waals surface area contributed by atoms with E-state index in [2.05, 4.69) is 27.7 Å². The van der Waals surface area contributed by atoms with Crippen LogP contribution in [0.5, 0.6) is 0 Å². The Labute approximate surface area is 92.8 Å². The molecular formula is C12H24O3. The number of rotatable bonds is 5. The second-order valence-electron chi connectivity index (χ2n) is 5.58. The molecule has 90 valence electrons. The molecule has 0 aliphatic carbocycles. The molecule has 2 unspecified atom stereocenters. The smallest absolute Gasteiger partial charge is 0.310 e. The molecule has 0 rings (SSSR count). The van der Waals surface area contributed by atoms with Crippen LogP contribution in [0.4, 0.5) is 0 Å². The fourth-order valence-corrected chi connectivity index (χ4v) is 1.55. The molecule has 0 fully saturated rings. The lowest BCUT2D eigenvalue weighted by atomic mass is 9.86. The minimum atomic E-state index is -0.410. The van der Waals surface area contributed by atoms with Gasteiger partial charge >= 0.3 is 5.97 Å². The van der Waals surface area contributed by atoms with Gasteiger partial charge in [-0.1, -0.05) is 27.7 Å². The third-order valence-electron chi connectivity index (χ3n) is 2.15. The van der Waals surface area contributed by atoms with Gasteiger partial charge in [0.25, 0.3) is 0 Å². The number of carbonyl (C=O) groups excluding carboxylic acids is 1. The topological polar surface area (TPSA) is 46.5 Å². The summed E-state index contributed by atoms with van der Waals surface area (Å²) in [4.78, 5) is 11.3. The summed E-state index contributed by atoms with van der Waals surface area (Å²) in [5.41, 5.74) is 0.258. The Kier molecular flexibility index (Phi) is 5.88. The molecule has 0 amide bonds. The minimum Gasteiger partial charge on any atom is -0.465 e. The van der Waals surface area contributed by atoms with Crippen molar-refractivity contribution < 1.29 is 14.6 Å². The van der Waals surface area contributed by atoms with Crippen LogP contribution in [0.25, 0.3) is 0 Å². The monoisotopic (exact) mass is 216 g/mol. The van der Waals surface area contributed by atoms with E-state index < -0.39 is 5.92 Å². The van der Waals surface area contributed by atoms with Crippen LogP contribution in [0.2, 0.25) is 0 Å². The van der Waals surface area contributed by atoms with Gasteiger partial charge in [0, 0.05) is 0 Å². The van der Waals surface area contributed by atoms with Crippen LogP contribution in [0.3, 0.4) is 0 Å². The SMILES string of the molecule is CC(COC(=O)C(C)CO)CC(C)(C)C. The van der Waals surface area contributed by atoms with Gasteiger partial charge in [-0.2, -0.15) is 0 Å². The molecule has 0 saturated carbocycles. The molecule has 3 heteroatoms. The van der Waals surface area contributed by atoms with E-state index in [0.29, 0.717) is 12.5 Å². The van der Waals surface area contributed by atoms with Crippen molar-refractivity contribution in [2.75, 3.05) is 13.2 Å². The molecule has 3 nitrogen and oxygen atoms in total. The molecule has 0 aliphatic rings. The zero-order valence-electron chi connectivity index (χ0n) is 10.5. The highest BCUT2D eigenvalue weighted by Crippen LogP contribution is 2.24. The van der Waals surface area contributed by atoms with Crippen molar-refractivity contribution in [2.45, 2.75) is 41.0 Å². The third kappa shape index (κ3) is 7.37. The first-order chi connectivity index (χ1) is 6.76. The van der Waals surface area contributed by atoms with Crippen LogP contribution in [0, 0.1) is 17.3 Å². The van der Waals surface area contributed by atoms with Gasteiger partial charge in [0.1, 0.15) is 0 Å². The number of esters is 1. The van der Waals surface area contributed by atoms with Gasteiger partial charge < -0.3 is 9.84 Å². The van der Waals surface area contributed by atoms with Crippen molar-refractivity contribution in [3.63, 3.8) is 0 Å². The van der Waals surface area contributed by atoms with Crippen LogP contribution in [-0.2, 0) is 9.53 Å². The minimum absolute atomic E-state index is 0.146. The van der Waals surface area contributed by atoms with E-state index in [1.165, 1.54) is 0 Å². The van der Waals surface area contributed by atoms with Gasteiger partial charge in [0.05, 0.1) is 19.1 Å². The number of ether oxygens (including phenoxy) is 1. The molecule has 15 heavy (non-hydrogen) atoms. The zero-order valence-corrected chi connectivity index (χ0v) is 10.5. The van der Waals surface area contributed by atoms with E-state index in [1.54, 1.807) is 6.92 Å². The second-order valence-corrected chi connectivity index (χ2v) is 5.58. The summed E-state index contributed by atoms with van der Waals surface area (Å²) in [5.74, 6) is -0.357. The number of hydrogen-bond acceptors (Lipinski definition) is 3. The summed E-state index contributed by atoms with van der Waals surface area (Å²) in [5, 5.41) is 8.76. The normalized spacial score (nSPS) is 15.9. The molecule has 0 aliphatic heterocycles.